The van der Waals surface area contributed by atoms with Crippen LogP contribution < -0.4 is 9.80 Å². The summed E-state index contributed by atoms with van der Waals surface area (Å²) in [6, 6.07) is 66.6. The van der Waals surface area contributed by atoms with Gasteiger partial charge in [-0.3, -0.25) is 0 Å². The summed E-state index contributed by atoms with van der Waals surface area (Å²) in [7, 11) is 1.18. The zero-order valence-corrected chi connectivity index (χ0v) is 43.2. The van der Waals surface area contributed by atoms with E-state index in [9.17, 15) is 0 Å². The van der Waals surface area contributed by atoms with Crippen LogP contribution in [0.4, 0.5) is 34.1 Å². The van der Waals surface area contributed by atoms with Crippen molar-refractivity contribution < 1.29 is 4.42 Å². The van der Waals surface area contributed by atoms with E-state index in [4.69, 9.17) is 4.42 Å². The molecule has 8 aromatic carbocycles. The minimum atomic E-state index is -0.928. The van der Waals surface area contributed by atoms with E-state index in [-0.39, 0.29) is 0 Å². The average Bonchev–Trinajstić information content (AvgIpc) is 3.91. The summed E-state index contributed by atoms with van der Waals surface area (Å²) in [4.78, 5) is 6.22. The fourth-order valence-electron chi connectivity index (χ4n) is 9.27. The highest BCUT2D eigenvalue weighted by Crippen LogP contribution is 2.49. The normalized spacial score (nSPS) is 12.6. The maximum Gasteiger partial charge on any atom is 0.135 e. The van der Waals surface area contributed by atoms with Crippen LogP contribution >= 0.6 is 42.5 Å². The molecule has 1 aliphatic carbocycles. The van der Waals surface area contributed by atoms with Gasteiger partial charge in [0, 0.05) is 61.2 Å². The molecule has 342 valence electrons. The van der Waals surface area contributed by atoms with Gasteiger partial charge in [-0.2, -0.15) is 24.0 Å². The summed E-state index contributed by atoms with van der Waals surface area (Å²) in [5, 5.41) is 4.72. The lowest BCUT2D eigenvalue weighted by Crippen LogP contribution is -2.14. The SMILES string of the molecule is CSC.Cc1ccc(N(c2ccccc2)c2cc(N(c3ccc(S(C)(C)C)cc3)c3ccc4c5ccccc5n(C5=CCCC=C5)c4c3)ccc2-c2ccc3oc4ccccc4c3c2)cc1.PS. The molecule has 0 radical (unpaired) electrons. The van der Waals surface area contributed by atoms with Gasteiger partial charge in [-0.25, -0.2) is 10.0 Å². The Morgan fingerprint density at radius 3 is 1.85 bits per heavy atom. The number of furan rings is 1. The van der Waals surface area contributed by atoms with Gasteiger partial charge >= 0.3 is 0 Å². The predicted octanol–water partition coefficient (Wildman–Crippen LogP) is 18.5. The highest BCUT2D eigenvalue weighted by Gasteiger charge is 2.24. The number of fused-ring (bicyclic) bond motifs is 6. The number of hydrogen-bond acceptors (Lipinski definition) is 5. The number of anilines is 6. The van der Waals surface area contributed by atoms with Crippen LogP contribution in [0.25, 0.3) is 60.6 Å². The van der Waals surface area contributed by atoms with E-state index in [1.807, 2.05) is 24.6 Å². The fraction of sp³-hybridized carbons (Fsp3) is 0.133. The third-order valence-corrected chi connectivity index (χ3v) is 14.1. The number of aromatic nitrogens is 1. The molecule has 1 atom stereocenters. The van der Waals surface area contributed by atoms with Gasteiger partial charge in [-0.15, -0.1) is 0 Å². The molecule has 0 amide bonds. The van der Waals surface area contributed by atoms with Crippen molar-refractivity contribution in [3.63, 3.8) is 0 Å². The second-order valence-electron chi connectivity index (χ2n) is 17.8. The van der Waals surface area contributed by atoms with Crippen molar-refractivity contribution in [1.29, 1.82) is 0 Å². The van der Waals surface area contributed by atoms with Crippen molar-refractivity contribution in [2.45, 2.75) is 24.7 Å². The smallest absolute Gasteiger partial charge is 0.135 e. The first kappa shape index (κ1) is 47.0. The van der Waals surface area contributed by atoms with Crippen molar-refractivity contribution in [1.82, 2.24) is 4.57 Å². The summed E-state index contributed by atoms with van der Waals surface area (Å²) >= 11 is 5.19. The van der Waals surface area contributed by atoms with Crippen molar-refractivity contribution >= 4 is 126 Å². The first-order chi connectivity index (χ1) is 33.2. The summed E-state index contributed by atoms with van der Waals surface area (Å²) in [6.07, 6.45) is 20.2. The summed E-state index contributed by atoms with van der Waals surface area (Å²) in [6.45, 7) is 2.15. The maximum absolute atomic E-state index is 6.32. The molecule has 11 rings (SSSR count). The molecule has 68 heavy (non-hydrogen) atoms. The minimum Gasteiger partial charge on any atom is -0.456 e. The van der Waals surface area contributed by atoms with E-state index in [1.165, 1.54) is 38.0 Å². The van der Waals surface area contributed by atoms with Crippen LogP contribution in [0.15, 0.2) is 210 Å². The van der Waals surface area contributed by atoms with E-state index in [1.54, 1.807) is 11.8 Å². The van der Waals surface area contributed by atoms with Gasteiger partial charge in [-0.1, -0.05) is 111 Å². The lowest BCUT2D eigenvalue weighted by molar-refractivity contribution is 0.669. The van der Waals surface area contributed by atoms with Gasteiger partial charge in [-0.05, 0) is 165 Å². The van der Waals surface area contributed by atoms with E-state index in [0.29, 0.717) is 0 Å². The maximum atomic E-state index is 6.32. The standard InChI is InChI=1S/C58H49N3OS.C2H6S.H3PS/c1-40-23-26-45(27-24-40)60(42-15-7-5-8-16-42)55-38-46(30-34-49(55)41-25-36-58-53(37-41)52-20-12-14-22-57(52)62-58)59(44-28-32-48(33-29-44)63(2,3)4)47-31-35-51-50-19-11-13-21-54(50)61(56(51)39-47)43-17-9-6-10-18-43;1-3-2;1-2/h5,7-9,11-39H,6,10H2,1-4H3;1-2H3;2H,1H2. The molecular weight excluding hydrogens is 906 g/mol. The van der Waals surface area contributed by atoms with Crippen LogP contribution in [0.2, 0.25) is 0 Å². The minimum absolute atomic E-state index is 0.885. The number of rotatable bonds is 9. The lowest BCUT2D eigenvalue weighted by Gasteiger charge is -2.32. The monoisotopic (exact) mass is 963 g/mol. The van der Waals surface area contributed by atoms with Crippen LogP contribution in [0.3, 0.4) is 0 Å². The van der Waals surface area contributed by atoms with E-state index >= 15 is 0 Å². The first-order valence-corrected chi connectivity index (χ1v) is 29.4. The lowest BCUT2D eigenvalue weighted by atomic mass is 9.98. The van der Waals surface area contributed by atoms with Gasteiger partial charge < -0.3 is 18.8 Å². The number of thiol groups is 1. The third-order valence-electron chi connectivity index (χ3n) is 12.4. The Balaban J connectivity index is 0.00000111. The zero-order chi connectivity index (χ0) is 47.4. The van der Waals surface area contributed by atoms with Gasteiger partial charge in [0.1, 0.15) is 11.2 Å². The number of benzene rings is 8. The number of aryl methyl sites for hydroxylation is 1. The average molecular weight is 964 g/mol. The molecule has 8 heteroatoms. The number of nitrogens with zero attached hydrogens (tertiary/aromatic N) is 3. The Morgan fingerprint density at radius 2 is 1.13 bits per heavy atom. The van der Waals surface area contributed by atoms with E-state index < -0.39 is 10.0 Å². The molecule has 0 spiro atoms. The van der Waals surface area contributed by atoms with Crippen LogP contribution in [-0.4, -0.2) is 35.8 Å². The third kappa shape index (κ3) is 9.38. The number of para-hydroxylation sites is 3. The molecule has 2 aromatic heterocycles. The second-order valence-corrected chi connectivity index (χ2v) is 22.7. The van der Waals surface area contributed by atoms with Crippen LogP contribution in [0.5, 0.6) is 0 Å². The van der Waals surface area contributed by atoms with Crippen molar-refractivity contribution in [2.24, 2.45) is 0 Å². The fourth-order valence-corrected chi connectivity index (χ4v) is 10.2. The summed E-state index contributed by atoms with van der Waals surface area (Å²) in [5.41, 5.74) is 15.4. The Hall–Kier alpha value is -6.08. The molecule has 4 nitrogen and oxygen atoms in total. The van der Waals surface area contributed by atoms with Gasteiger partial charge in [0.05, 0.1) is 16.7 Å². The molecule has 0 fully saturated rings. The first-order valence-electron chi connectivity index (χ1n) is 22.8. The predicted molar refractivity (Wildman–Crippen MR) is 311 cm³/mol. The summed E-state index contributed by atoms with van der Waals surface area (Å²) < 4.78 is 8.77. The van der Waals surface area contributed by atoms with Gasteiger partial charge in [0.2, 0.25) is 0 Å². The Morgan fingerprint density at radius 1 is 0.544 bits per heavy atom. The van der Waals surface area contributed by atoms with Crippen molar-refractivity contribution in [3.8, 4) is 11.1 Å². The topological polar surface area (TPSA) is 24.6 Å². The van der Waals surface area contributed by atoms with E-state index in [2.05, 4.69) is 249 Å². The highest BCUT2D eigenvalue weighted by molar-refractivity contribution is 8.32. The van der Waals surface area contributed by atoms with Gasteiger partial charge in [0.25, 0.3) is 0 Å². The van der Waals surface area contributed by atoms with Crippen molar-refractivity contribution in [2.75, 3.05) is 41.1 Å². The molecule has 2 heterocycles. The van der Waals surface area contributed by atoms with Gasteiger partial charge in [0.15, 0.2) is 0 Å². The molecule has 0 N–H and O–H groups in total. The molecule has 10 aromatic rings. The number of thioether (sulfide) groups is 1. The molecule has 0 saturated carbocycles. The van der Waals surface area contributed by atoms with Crippen molar-refractivity contribution in [3.05, 3.63) is 206 Å². The molecule has 1 aliphatic rings. The van der Waals surface area contributed by atoms with Crippen LogP contribution in [0.1, 0.15) is 18.4 Å². The Labute approximate surface area is 415 Å². The quantitative estimate of drug-likeness (QED) is 0.115. The number of allylic oxidation sites excluding steroid dienone is 4. The molecule has 0 aliphatic heterocycles. The molecule has 0 bridgehead atoms. The molecular formula is C60H58N3OPS3. The number of hydrogen-bond donors (Lipinski definition) is 1. The highest BCUT2D eigenvalue weighted by atomic mass is 32.7. The molecule has 1 unspecified atom stereocenters. The Bertz CT molecular complexity index is 3420. The Kier molecular flexibility index (Phi) is 14.3. The molecule has 0 saturated heterocycles. The second kappa shape index (κ2) is 20.6. The largest absolute Gasteiger partial charge is 0.456 e. The summed E-state index contributed by atoms with van der Waals surface area (Å²) in [5.74, 6) is 0. The van der Waals surface area contributed by atoms with Crippen LogP contribution in [0, 0.1) is 6.92 Å². The van der Waals surface area contributed by atoms with E-state index in [0.717, 1.165) is 80.0 Å². The zero-order valence-electron chi connectivity index (χ0n) is 39.6. The van der Waals surface area contributed by atoms with Crippen LogP contribution in [-0.2, 0) is 0 Å².